The number of carbonyl (C=O) groups is 2. The van der Waals surface area contributed by atoms with E-state index in [4.69, 9.17) is 4.74 Å². The monoisotopic (exact) mass is 545 g/mol. The van der Waals surface area contributed by atoms with Crippen LogP contribution in [0.1, 0.15) is 22.7 Å². The summed E-state index contributed by atoms with van der Waals surface area (Å²) in [5, 5.41) is 2.65. The van der Waals surface area contributed by atoms with Gasteiger partial charge in [-0.15, -0.1) is 0 Å². The number of methoxy groups -OCH3 is 1. The Hall–Kier alpha value is -3.67. The predicted molar refractivity (Wildman–Crippen MR) is 139 cm³/mol. The van der Waals surface area contributed by atoms with Crippen LogP contribution in [0.25, 0.3) is 0 Å². The van der Waals surface area contributed by atoms with Crippen molar-refractivity contribution in [2.75, 3.05) is 31.7 Å². The highest BCUT2D eigenvalue weighted by Gasteiger charge is 2.35. The first-order valence-electron chi connectivity index (χ1n) is 11.7. The molecular formula is C27H29F2N3O5S. The molecule has 2 N–H and O–H groups in total. The van der Waals surface area contributed by atoms with Gasteiger partial charge in [0.15, 0.2) is 0 Å². The van der Waals surface area contributed by atoms with Gasteiger partial charge in [0.05, 0.1) is 18.0 Å². The minimum Gasteiger partial charge on any atom is -0.383 e. The van der Waals surface area contributed by atoms with E-state index in [0.29, 0.717) is 11.3 Å². The van der Waals surface area contributed by atoms with Crippen LogP contribution in [-0.4, -0.2) is 47.0 Å². The highest BCUT2D eigenvalue weighted by molar-refractivity contribution is 7.89. The van der Waals surface area contributed by atoms with E-state index < -0.39 is 46.1 Å². The number of ether oxygens (including phenoxy) is 1. The molecule has 0 bridgehead atoms. The number of amides is 2. The van der Waals surface area contributed by atoms with E-state index in [2.05, 4.69) is 10.0 Å². The molecule has 0 saturated carbocycles. The van der Waals surface area contributed by atoms with E-state index in [0.717, 1.165) is 34.7 Å². The number of aryl methyl sites for hydroxylation is 2. The van der Waals surface area contributed by atoms with Gasteiger partial charge >= 0.3 is 0 Å². The third-order valence-electron chi connectivity index (χ3n) is 5.73. The van der Waals surface area contributed by atoms with Gasteiger partial charge in [0, 0.05) is 24.9 Å². The Kier molecular flexibility index (Phi) is 9.67. The van der Waals surface area contributed by atoms with Gasteiger partial charge in [-0.05, 0) is 55.8 Å². The molecule has 0 radical (unpaired) electrons. The summed E-state index contributed by atoms with van der Waals surface area (Å²) < 4.78 is 61.0. The highest BCUT2D eigenvalue weighted by atomic mass is 32.2. The average molecular weight is 546 g/mol. The molecule has 8 nitrogen and oxygen atoms in total. The van der Waals surface area contributed by atoms with Crippen molar-refractivity contribution in [1.29, 1.82) is 0 Å². The molecule has 0 aliphatic carbocycles. The molecule has 1 atom stereocenters. The molecule has 0 heterocycles. The van der Waals surface area contributed by atoms with Gasteiger partial charge in [0.25, 0.3) is 0 Å². The second-order valence-corrected chi connectivity index (χ2v) is 10.3. The number of carbonyl (C=O) groups excluding carboxylic acids is 2. The lowest BCUT2D eigenvalue weighted by molar-refractivity contribution is -0.126. The zero-order valence-corrected chi connectivity index (χ0v) is 22.0. The van der Waals surface area contributed by atoms with Crippen LogP contribution in [0.15, 0.2) is 71.6 Å². The van der Waals surface area contributed by atoms with Gasteiger partial charge in [0.2, 0.25) is 21.8 Å². The first kappa shape index (κ1) is 28.9. The summed E-state index contributed by atoms with van der Waals surface area (Å²) in [7, 11) is -2.74. The number of hydrogen-bond donors (Lipinski definition) is 2. The van der Waals surface area contributed by atoms with Crippen molar-refractivity contribution in [3.63, 3.8) is 0 Å². The van der Waals surface area contributed by atoms with Crippen LogP contribution in [0.5, 0.6) is 0 Å². The van der Waals surface area contributed by atoms with Crippen molar-refractivity contribution in [1.82, 2.24) is 10.0 Å². The molecule has 3 rings (SSSR count). The standard InChI is InChI=1S/C27H29F2N3O5S/c1-18-8-13-24(19(2)16-18)32(25(33)17-31-38(35,36)21-11-9-20(28)10-12-21)26(27(34)30-14-15-37-3)22-6-4-5-7-23(22)29/h4-13,16,26,31H,14-15,17H2,1-3H3,(H,30,34)/t26-/m0/s1. The van der Waals surface area contributed by atoms with Crippen molar-refractivity contribution in [2.24, 2.45) is 0 Å². The molecule has 3 aromatic rings. The lowest BCUT2D eigenvalue weighted by Gasteiger charge is -2.33. The average Bonchev–Trinajstić information content (AvgIpc) is 2.87. The fraction of sp³-hybridized carbons (Fsp3) is 0.259. The minimum absolute atomic E-state index is 0.0721. The number of sulfonamides is 1. The Morgan fingerprint density at radius 2 is 1.68 bits per heavy atom. The summed E-state index contributed by atoms with van der Waals surface area (Å²) >= 11 is 0. The van der Waals surface area contributed by atoms with Crippen molar-refractivity contribution >= 4 is 27.5 Å². The molecule has 0 unspecified atom stereocenters. The number of nitrogens with one attached hydrogen (secondary N) is 2. The lowest BCUT2D eigenvalue weighted by Crippen LogP contribution is -2.48. The van der Waals surface area contributed by atoms with Crippen LogP contribution in [0.3, 0.4) is 0 Å². The van der Waals surface area contributed by atoms with E-state index in [1.165, 1.54) is 31.4 Å². The Bertz CT molecular complexity index is 1400. The van der Waals surface area contributed by atoms with Gasteiger partial charge in [-0.1, -0.05) is 35.9 Å². The largest absolute Gasteiger partial charge is 0.383 e. The molecular weight excluding hydrogens is 516 g/mol. The zero-order valence-electron chi connectivity index (χ0n) is 21.2. The van der Waals surface area contributed by atoms with E-state index in [1.54, 1.807) is 25.1 Å². The van der Waals surface area contributed by atoms with E-state index in [-0.39, 0.29) is 23.6 Å². The maximum absolute atomic E-state index is 15.0. The molecule has 0 aliphatic heterocycles. The smallest absolute Gasteiger partial charge is 0.248 e. The van der Waals surface area contributed by atoms with Crippen LogP contribution in [0.4, 0.5) is 14.5 Å². The van der Waals surface area contributed by atoms with Crippen LogP contribution in [-0.2, 0) is 24.3 Å². The van der Waals surface area contributed by atoms with Crippen LogP contribution < -0.4 is 14.9 Å². The third kappa shape index (κ3) is 7.00. The molecule has 0 aliphatic rings. The topological polar surface area (TPSA) is 105 Å². The van der Waals surface area contributed by atoms with Gasteiger partial charge in [-0.2, -0.15) is 0 Å². The van der Waals surface area contributed by atoms with E-state index in [9.17, 15) is 22.4 Å². The van der Waals surface area contributed by atoms with Crippen molar-refractivity contribution in [3.05, 3.63) is 95.1 Å². The van der Waals surface area contributed by atoms with Gasteiger partial charge in [0.1, 0.15) is 17.7 Å². The van der Waals surface area contributed by atoms with Gasteiger partial charge in [-0.3, -0.25) is 14.5 Å². The summed E-state index contributed by atoms with van der Waals surface area (Å²) in [6, 6.07) is 13.3. The zero-order chi connectivity index (χ0) is 27.9. The lowest BCUT2D eigenvalue weighted by atomic mass is 10.0. The molecule has 0 fully saturated rings. The normalized spacial score (nSPS) is 12.1. The van der Waals surface area contributed by atoms with Crippen molar-refractivity contribution < 1.29 is 31.5 Å². The Morgan fingerprint density at radius 3 is 2.32 bits per heavy atom. The summed E-state index contributed by atoms with van der Waals surface area (Å²) in [6.07, 6.45) is 0. The van der Waals surface area contributed by atoms with Crippen LogP contribution in [0.2, 0.25) is 0 Å². The van der Waals surface area contributed by atoms with Crippen molar-refractivity contribution in [3.8, 4) is 0 Å². The van der Waals surface area contributed by atoms with Crippen LogP contribution >= 0.6 is 0 Å². The number of hydrogen-bond acceptors (Lipinski definition) is 5. The maximum atomic E-state index is 15.0. The number of anilines is 1. The quantitative estimate of drug-likeness (QED) is 0.360. The summed E-state index contributed by atoms with van der Waals surface area (Å²) in [5.41, 5.74) is 1.74. The number of halogens is 2. The van der Waals surface area contributed by atoms with Crippen LogP contribution in [0, 0.1) is 25.5 Å². The highest BCUT2D eigenvalue weighted by Crippen LogP contribution is 2.32. The van der Waals surface area contributed by atoms with E-state index in [1.807, 2.05) is 6.92 Å². The number of rotatable bonds is 11. The minimum atomic E-state index is -4.20. The Balaban J connectivity index is 2.05. The molecule has 0 spiro atoms. The molecule has 202 valence electrons. The Labute approximate surface area is 220 Å². The molecule has 0 saturated heterocycles. The molecule has 3 aromatic carbocycles. The summed E-state index contributed by atoms with van der Waals surface area (Å²) in [6.45, 7) is 3.12. The summed E-state index contributed by atoms with van der Waals surface area (Å²) in [5.74, 6) is -2.82. The van der Waals surface area contributed by atoms with Crippen molar-refractivity contribution in [2.45, 2.75) is 24.8 Å². The number of nitrogens with zero attached hydrogens (tertiary/aromatic N) is 1. The molecule has 0 aromatic heterocycles. The fourth-order valence-electron chi connectivity index (χ4n) is 3.90. The Morgan fingerprint density at radius 1 is 1.00 bits per heavy atom. The summed E-state index contributed by atoms with van der Waals surface area (Å²) in [4.78, 5) is 27.9. The van der Waals surface area contributed by atoms with Gasteiger partial charge < -0.3 is 10.1 Å². The SMILES string of the molecule is COCCNC(=O)[C@H](c1ccccc1F)N(C(=O)CNS(=O)(=O)c1ccc(F)cc1)c1ccc(C)cc1C. The third-order valence-corrected chi connectivity index (χ3v) is 7.15. The second-order valence-electron chi connectivity index (χ2n) is 8.54. The first-order chi connectivity index (χ1) is 18.0. The predicted octanol–water partition coefficient (Wildman–Crippen LogP) is 3.40. The first-order valence-corrected chi connectivity index (χ1v) is 13.2. The number of benzene rings is 3. The van der Waals surface area contributed by atoms with Gasteiger partial charge in [-0.25, -0.2) is 21.9 Å². The fourth-order valence-corrected chi connectivity index (χ4v) is 4.87. The second kappa shape index (κ2) is 12.7. The molecule has 2 amide bonds. The maximum Gasteiger partial charge on any atom is 0.248 e. The molecule has 11 heteroatoms. The molecule has 38 heavy (non-hydrogen) atoms. The van der Waals surface area contributed by atoms with E-state index >= 15 is 4.39 Å².